The fraction of sp³-hybridized carbons (Fsp3) is 0.500. The van der Waals surface area contributed by atoms with Crippen molar-refractivity contribution in [2.45, 2.75) is 4.90 Å². The second kappa shape index (κ2) is 7.51. The lowest BCUT2D eigenvalue weighted by Crippen LogP contribution is -3.27. The van der Waals surface area contributed by atoms with Crippen molar-refractivity contribution in [2.75, 3.05) is 52.9 Å². The number of sulfonamides is 1. The van der Waals surface area contributed by atoms with Gasteiger partial charge in [-0.1, -0.05) is 12.1 Å². The first-order valence-electron chi connectivity index (χ1n) is 8.43. The molecule has 0 aromatic heterocycles. The maximum Gasteiger partial charge on any atom is 0.361 e. The van der Waals surface area contributed by atoms with Gasteiger partial charge in [0, 0.05) is 5.56 Å². The predicted octanol–water partition coefficient (Wildman–Crippen LogP) is -3.32. The number of likely N-dealkylation sites (N-methyl/N-ethyl adjacent to an activating group) is 1. The molecule has 25 heavy (non-hydrogen) atoms. The van der Waals surface area contributed by atoms with Gasteiger partial charge in [0.05, 0.1) is 18.5 Å². The zero-order chi connectivity index (χ0) is 17.9. The van der Waals surface area contributed by atoms with Gasteiger partial charge in [-0.05, 0) is 12.1 Å². The second-order valence-corrected chi connectivity index (χ2v) is 8.09. The van der Waals surface area contributed by atoms with Crippen LogP contribution in [0.4, 0.5) is 0 Å². The second-order valence-electron chi connectivity index (χ2n) is 6.44. The van der Waals surface area contributed by atoms with E-state index in [1.807, 2.05) is 0 Å². The minimum Gasteiger partial charge on any atom is -0.460 e. The summed E-state index contributed by atoms with van der Waals surface area (Å²) < 4.78 is 31.6. The van der Waals surface area contributed by atoms with Gasteiger partial charge in [-0.2, -0.15) is 0 Å². The largest absolute Gasteiger partial charge is 0.460 e. The molecule has 1 saturated heterocycles. The summed E-state index contributed by atoms with van der Waals surface area (Å²) in [6.45, 7) is 4.82. The number of hydrogen-bond acceptors (Lipinski definition) is 5. The molecule has 3 rings (SSSR count). The van der Waals surface area contributed by atoms with E-state index in [2.05, 4.69) is 16.8 Å². The van der Waals surface area contributed by atoms with Crippen molar-refractivity contribution in [1.29, 1.82) is 0 Å². The van der Waals surface area contributed by atoms with Gasteiger partial charge in [0.2, 0.25) is 0 Å². The lowest BCUT2D eigenvalue weighted by Gasteiger charge is -2.26. The molecule has 9 heteroatoms. The van der Waals surface area contributed by atoms with E-state index >= 15 is 0 Å². The summed E-state index contributed by atoms with van der Waals surface area (Å²) in [7, 11) is -1.37. The minimum absolute atomic E-state index is 0.144. The van der Waals surface area contributed by atoms with E-state index in [-0.39, 0.29) is 24.0 Å². The molecule has 3 N–H and O–H groups in total. The molecule has 0 aliphatic carbocycles. The number of carbonyl (C=O) groups excluding carboxylic acids is 1. The van der Waals surface area contributed by atoms with Crippen LogP contribution in [0.2, 0.25) is 0 Å². The number of hydrogen-bond donors (Lipinski definition) is 3. The van der Waals surface area contributed by atoms with E-state index in [0.717, 1.165) is 26.2 Å². The Balaban J connectivity index is 1.47. The normalized spacial score (nSPS) is 26.0. The van der Waals surface area contributed by atoms with Crippen LogP contribution in [0.25, 0.3) is 0 Å². The number of piperazine rings is 1. The molecule has 2 aliphatic rings. The average molecular weight is 368 g/mol. The molecule has 0 unspecified atom stereocenters. The van der Waals surface area contributed by atoms with E-state index < -0.39 is 10.0 Å². The van der Waals surface area contributed by atoms with Crippen LogP contribution in [0.3, 0.4) is 0 Å². The first kappa shape index (κ1) is 17.8. The van der Waals surface area contributed by atoms with Gasteiger partial charge in [-0.15, -0.1) is 0 Å². The molecule has 2 aliphatic heterocycles. The Morgan fingerprint density at radius 3 is 2.72 bits per heavy atom. The highest BCUT2D eigenvalue weighted by atomic mass is 32.2. The number of benzene rings is 1. The number of rotatable bonds is 5. The van der Waals surface area contributed by atoms with Crippen molar-refractivity contribution in [3.8, 4) is 0 Å². The number of carbonyl (C=O) groups is 1. The quantitative estimate of drug-likeness (QED) is 0.375. The van der Waals surface area contributed by atoms with Crippen molar-refractivity contribution in [2.24, 2.45) is 4.99 Å². The number of amidine groups is 1. The lowest BCUT2D eigenvalue weighted by molar-refractivity contribution is -1.000. The van der Waals surface area contributed by atoms with Crippen LogP contribution in [-0.2, 0) is 19.6 Å². The number of aliphatic imine (C=N–C) groups is 1. The first-order chi connectivity index (χ1) is 12.0. The molecule has 0 spiro atoms. The van der Waals surface area contributed by atoms with Gasteiger partial charge in [-0.3, -0.25) is 9.71 Å². The first-order valence-corrected chi connectivity index (χ1v) is 9.91. The Labute approximate surface area is 147 Å². The molecule has 8 nitrogen and oxygen atoms in total. The molecule has 1 aromatic carbocycles. The van der Waals surface area contributed by atoms with E-state index in [4.69, 9.17) is 4.74 Å². The molecule has 0 atom stereocenters. The zero-order valence-corrected chi connectivity index (χ0v) is 15.1. The molecule has 0 amide bonds. The van der Waals surface area contributed by atoms with Crippen LogP contribution in [0.15, 0.2) is 34.2 Å². The minimum atomic E-state index is -3.53. The molecular weight excluding hydrogens is 344 g/mol. The molecule has 2 heterocycles. The van der Waals surface area contributed by atoms with Crippen molar-refractivity contribution < 1.29 is 27.7 Å². The third-order valence-corrected chi connectivity index (χ3v) is 5.89. The summed E-state index contributed by atoms with van der Waals surface area (Å²) in [6.07, 6.45) is 0. The molecule has 0 radical (unpaired) electrons. The predicted molar refractivity (Wildman–Crippen MR) is 91.3 cm³/mol. The van der Waals surface area contributed by atoms with Gasteiger partial charge >= 0.3 is 5.97 Å². The lowest BCUT2D eigenvalue weighted by atomic mass is 10.2. The fourth-order valence-electron chi connectivity index (χ4n) is 3.03. The van der Waals surface area contributed by atoms with Crippen LogP contribution in [0.5, 0.6) is 0 Å². The van der Waals surface area contributed by atoms with Crippen LogP contribution >= 0.6 is 0 Å². The number of nitrogens with one attached hydrogen (secondary N) is 3. The Bertz CT molecular complexity index is 770. The molecule has 1 aromatic rings. The van der Waals surface area contributed by atoms with E-state index in [9.17, 15) is 13.2 Å². The van der Waals surface area contributed by atoms with Gasteiger partial charge in [0.1, 0.15) is 38.6 Å². The van der Waals surface area contributed by atoms with Crippen LogP contribution in [0, 0.1) is 0 Å². The summed E-state index contributed by atoms with van der Waals surface area (Å²) in [5.74, 6) is 0.0708. The molecule has 136 valence electrons. The van der Waals surface area contributed by atoms with Crippen molar-refractivity contribution in [3.05, 3.63) is 29.8 Å². The topological polar surface area (TPSA) is 93.7 Å². The van der Waals surface area contributed by atoms with Gasteiger partial charge in [0.15, 0.2) is 6.54 Å². The average Bonchev–Trinajstić information content (AvgIpc) is 2.85. The number of ether oxygens (including phenoxy) is 1. The van der Waals surface area contributed by atoms with Gasteiger partial charge in [-0.25, -0.2) is 13.2 Å². The zero-order valence-electron chi connectivity index (χ0n) is 14.2. The standard InChI is InChI=1S/C16H22N4O4S/c1-19-7-9-20(10-8-19)12-15(21)24-11-6-17-16-13-4-2-3-5-14(13)25(22,23)18-16/h2-5H,6-12H2,1H3,(H,17,18)/p+2. The van der Waals surface area contributed by atoms with E-state index in [1.54, 1.807) is 24.3 Å². The number of quaternary nitrogens is 2. The molecule has 0 saturated carbocycles. The van der Waals surface area contributed by atoms with Gasteiger partial charge in [0.25, 0.3) is 10.0 Å². The van der Waals surface area contributed by atoms with Gasteiger partial charge < -0.3 is 14.5 Å². The maximum atomic E-state index is 12.0. The highest BCUT2D eigenvalue weighted by molar-refractivity contribution is 7.90. The van der Waals surface area contributed by atoms with E-state index in [1.165, 1.54) is 9.80 Å². The highest BCUT2D eigenvalue weighted by Gasteiger charge is 2.30. The number of fused-ring (bicyclic) bond motifs is 1. The molecule has 1 fully saturated rings. The Morgan fingerprint density at radius 1 is 1.24 bits per heavy atom. The third kappa shape index (κ3) is 4.36. The maximum absolute atomic E-state index is 12.0. The monoisotopic (exact) mass is 368 g/mol. The molecule has 0 bridgehead atoms. The van der Waals surface area contributed by atoms with Crippen molar-refractivity contribution in [3.63, 3.8) is 0 Å². The van der Waals surface area contributed by atoms with Crippen LogP contribution in [0.1, 0.15) is 5.56 Å². The highest BCUT2D eigenvalue weighted by Crippen LogP contribution is 2.21. The van der Waals surface area contributed by atoms with Crippen molar-refractivity contribution >= 4 is 21.8 Å². The summed E-state index contributed by atoms with van der Waals surface area (Å²) in [4.78, 5) is 19.1. The SMILES string of the molecule is C[NH+]1CC[NH+](CC(=O)OCCN=C2NS(=O)(=O)c3ccccc32)CC1. The number of esters is 1. The smallest absolute Gasteiger partial charge is 0.361 e. The summed E-state index contributed by atoms with van der Waals surface area (Å²) in [6, 6.07) is 6.68. The number of nitrogens with zero attached hydrogens (tertiary/aromatic N) is 1. The third-order valence-electron chi connectivity index (χ3n) is 4.49. The summed E-state index contributed by atoms with van der Waals surface area (Å²) >= 11 is 0. The Kier molecular flexibility index (Phi) is 5.36. The summed E-state index contributed by atoms with van der Waals surface area (Å²) in [5, 5.41) is 0. The Hall–Kier alpha value is -1.97. The van der Waals surface area contributed by atoms with E-state index in [0.29, 0.717) is 17.9 Å². The van der Waals surface area contributed by atoms with Crippen LogP contribution < -0.4 is 14.5 Å². The fourth-order valence-corrected chi connectivity index (χ4v) is 4.28. The summed E-state index contributed by atoms with van der Waals surface area (Å²) in [5.41, 5.74) is 0.554. The van der Waals surface area contributed by atoms with Crippen LogP contribution in [-0.4, -0.2) is 73.1 Å². The van der Waals surface area contributed by atoms with Crippen molar-refractivity contribution in [1.82, 2.24) is 4.72 Å². The Morgan fingerprint density at radius 2 is 1.96 bits per heavy atom. The molecular formula is C16H24N4O4S+2.